The van der Waals surface area contributed by atoms with Crippen LogP contribution in [0.3, 0.4) is 0 Å². The number of likely N-dealkylation sites (tertiary alicyclic amines) is 1. The Kier molecular flexibility index (Phi) is 4.57. The van der Waals surface area contributed by atoms with Gasteiger partial charge in [-0.1, -0.05) is 38.1 Å². The Balaban J connectivity index is 1.32. The van der Waals surface area contributed by atoms with Crippen molar-refractivity contribution in [1.82, 2.24) is 4.90 Å². The second kappa shape index (κ2) is 6.48. The fourth-order valence-corrected chi connectivity index (χ4v) is 5.29. The van der Waals surface area contributed by atoms with E-state index < -0.39 is 30.5 Å². The predicted octanol–water partition coefficient (Wildman–Crippen LogP) is 4.61. The van der Waals surface area contributed by atoms with Crippen LogP contribution in [0.2, 0.25) is 0 Å². The number of hydrogen-bond acceptors (Lipinski definition) is 2. The Labute approximate surface area is 163 Å². The Morgan fingerprint density at radius 3 is 2.50 bits per heavy atom. The maximum absolute atomic E-state index is 12.8. The summed E-state index contributed by atoms with van der Waals surface area (Å²) in [4.78, 5) is 14.2. The molecule has 1 aromatic rings. The lowest BCUT2D eigenvalue weighted by Gasteiger charge is -2.52. The van der Waals surface area contributed by atoms with Crippen LogP contribution in [-0.2, 0) is 4.79 Å². The molecule has 3 fully saturated rings. The molecule has 3 nitrogen and oxygen atoms in total. The molecule has 1 spiro atoms. The number of aliphatic hydroxyl groups is 1. The normalized spacial score (nSPS) is 31.8. The van der Waals surface area contributed by atoms with Gasteiger partial charge in [0.15, 0.2) is 5.60 Å². The third-order valence-corrected chi connectivity index (χ3v) is 7.16. The fraction of sp³-hybridized carbons (Fsp3) is 0.682. The molecular formula is C22H28F3NO2. The molecule has 1 atom stereocenters. The summed E-state index contributed by atoms with van der Waals surface area (Å²) < 4.78 is 38.3. The molecule has 0 radical (unpaired) electrons. The van der Waals surface area contributed by atoms with Crippen LogP contribution in [-0.4, -0.2) is 40.8 Å². The minimum atomic E-state index is -4.65. The number of nitrogens with zero attached hydrogens (tertiary/aromatic N) is 1. The van der Waals surface area contributed by atoms with E-state index in [2.05, 4.69) is 38.1 Å². The second-order valence-corrected chi connectivity index (χ2v) is 9.59. The van der Waals surface area contributed by atoms with Crippen molar-refractivity contribution < 1.29 is 23.1 Å². The smallest absolute Gasteiger partial charge is 0.380 e. The van der Waals surface area contributed by atoms with Gasteiger partial charge in [0.2, 0.25) is 5.91 Å². The summed E-state index contributed by atoms with van der Waals surface area (Å²) in [6, 6.07) is 8.75. The van der Waals surface area contributed by atoms with Crippen molar-refractivity contribution in [3.8, 4) is 0 Å². The highest BCUT2D eigenvalue weighted by molar-refractivity contribution is 5.81. The number of rotatable bonds is 3. The molecule has 1 heterocycles. The topological polar surface area (TPSA) is 40.5 Å². The van der Waals surface area contributed by atoms with Crippen molar-refractivity contribution in [2.75, 3.05) is 13.1 Å². The van der Waals surface area contributed by atoms with E-state index >= 15 is 0 Å². The maximum Gasteiger partial charge on any atom is 0.417 e. The molecule has 1 aromatic carbocycles. The molecule has 4 rings (SSSR count). The molecule has 28 heavy (non-hydrogen) atoms. The van der Waals surface area contributed by atoms with Crippen LogP contribution >= 0.6 is 0 Å². The summed E-state index contributed by atoms with van der Waals surface area (Å²) >= 11 is 0. The number of carbonyl (C=O) groups excluding carboxylic acids is 1. The zero-order valence-corrected chi connectivity index (χ0v) is 16.4. The largest absolute Gasteiger partial charge is 0.417 e. The van der Waals surface area contributed by atoms with E-state index in [4.69, 9.17) is 0 Å². The van der Waals surface area contributed by atoms with Crippen LogP contribution in [0.25, 0.3) is 0 Å². The number of benzene rings is 1. The third kappa shape index (κ3) is 3.23. The summed E-state index contributed by atoms with van der Waals surface area (Å²) in [5.41, 5.74) is 0.154. The highest BCUT2D eigenvalue weighted by Crippen LogP contribution is 2.54. The first kappa shape index (κ1) is 19.7. The third-order valence-electron chi connectivity index (χ3n) is 7.16. The first-order chi connectivity index (χ1) is 13.0. The molecule has 2 saturated carbocycles. The van der Waals surface area contributed by atoms with Gasteiger partial charge >= 0.3 is 6.18 Å². The minimum Gasteiger partial charge on any atom is -0.380 e. The zero-order chi connectivity index (χ0) is 20.3. The number of amides is 1. The molecule has 1 amide bonds. The summed E-state index contributed by atoms with van der Waals surface area (Å²) in [5.74, 6) is 0.0774. The van der Waals surface area contributed by atoms with E-state index in [1.165, 1.54) is 11.1 Å². The lowest BCUT2D eigenvalue weighted by atomic mass is 9.68. The second-order valence-electron chi connectivity index (χ2n) is 9.59. The van der Waals surface area contributed by atoms with Gasteiger partial charge in [-0.05, 0) is 55.1 Å². The monoisotopic (exact) mass is 395 g/mol. The van der Waals surface area contributed by atoms with Crippen molar-refractivity contribution in [2.45, 2.75) is 69.6 Å². The summed E-state index contributed by atoms with van der Waals surface area (Å²) in [6.45, 7) is 5.66. The van der Waals surface area contributed by atoms with E-state index in [1.807, 2.05) is 0 Å². The molecule has 1 unspecified atom stereocenters. The van der Waals surface area contributed by atoms with Gasteiger partial charge in [0.1, 0.15) is 0 Å². The Hall–Kier alpha value is -1.56. The van der Waals surface area contributed by atoms with Crippen LogP contribution in [0.4, 0.5) is 13.2 Å². The molecule has 1 N–H and O–H groups in total. The minimum absolute atomic E-state index is 0.123. The first-order valence-electron chi connectivity index (χ1n) is 10.2. The lowest BCUT2D eigenvalue weighted by molar-refractivity contribution is -0.297. The average molecular weight is 395 g/mol. The van der Waals surface area contributed by atoms with Gasteiger partial charge < -0.3 is 10.0 Å². The van der Waals surface area contributed by atoms with Gasteiger partial charge in [-0.25, -0.2) is 0 Å². The van der Waals surface area contributed by atoms with Gasteiger partial charge in [-0.15, -0.1) is 0 Å². The molecule has 1 aliphatic heterocycles. The Bertz CT molecular complexity index is 761. The molecule has 1 saturated heterocycles. The summed E-state index contributed by atoms with van der Waals surface area (Å²) in [5, 5.41) is 9.57. The van der Waals surface area contributed by atoms with Gasteiger partial charge in [-0.2, -0.15) is 13.2 Å². The van der Waals surface area contributed by atoms with Crippen LogP contribution in [0.5, 0.6) is 0 Å². The molecular weight excluding hydrogens is 367 g/mol. The van der Waals surface area contributed by atoms with E-state index in [-0.39, 0.29) is 11.3 Å². The average Bonchev–Trinajstić information content (AvgIpc) is 3.02. The highest BCUT2D eigenvalue weighted by Gasteiger charge is 2.64. The lowest BCUT2D eigenvalue weighted by Crippen LogP contribution is -2.64. The Morgan fingerprint density at radius 1 is 1.21 bits per heavy atom. The molecule has 154 valence electrons. The SMILES string of the molecule is CC(C)c1cccc(C2CCC3(C2)CN(C(=O)[C@H]2C[C@](O)(C(F)(F)F)C2)C3)c1. The quantitative estimate of drug-likeness (QED) is 0.812. The van der Waals surface area contributed by atoms with E-state index in [1.54, 1.807) is 4.90 Å². The van der Waals surface area contributed by atoms with Crippen LogP contribution < -0.4 is 0 Å². The van der Waals surface area contributed by atoms with Gasteiger partial charge in [0.05, 0.1) is 0 Å². The van der Waals surface area contributed by atoms with Crippen LogP contribution in [0, 0.1) is 11.3 Å². The van der Waals surface area contributed by atoms with Gasteiger partial charge in [0, 0.05) is 24.4 Å². The molecule has 3 aliphatic rings. The van der Waals surface area contributed by atoms with Crippen molar-refractivity contribution >= 4 is 5.91 Å². The van der Waals surface area contributed by atoms with Crippen molar-refractivity contribution in [2.24, 2.45) is 11.3 Å². The number of alkyl halides is 3. The molecule has 6 heteroatoms. The van der Waals surface area contributed by atoms with Crippen LogP contribution in [0.15, 0.2) is 24.3 Å². The number of carbonyl (C=O) groups is 1. The van der Waals surface area contributed by atoms with Crippen molar-refractivity contribution in [3.63, 3.8) is 0 Å². The summed E-state index contributed by atoms with van der Waals surface area (Å²) in [7, 11) is 0. The van der Waals surface area contributed by atoms with Crippen molar-refractivity contribution in [1.29, 1.82) is 0 Å². The molecule has 2 aliphatic carbocycles. The van der Waals surface area contributed by atoms with Crippen molar-refractivity contribution in [3.05, 3.63) is 35.4 Å². The van der Waals surface area contributed by atoms with Gasteiger partial charge in [0.25, 0.3) is 0 Å². The Morgan fingerprint density at radius 2 is 1.89 bits per heavy atom. The maximum atomic E-state index is 12.8. The summed E-state index contributed by atoms with van der Waals surface area (Å²) in [6.07, 6.45) is -2.45. The zero-order valence-electron chi connectivity index (χ0n) is 16.4. The number of halogens is 3. The van der Waals surface area contributed by atoms with Gasteiger partial charge in [-0.3, -0.25) is 4.79 Å². The highest BCUT2D eigenvalue weighted by atomic mass is 19.4. The predicted molar refractivity (Wildman–Crippen MR) is 99.9 cm³/mol. The fourth-order valence-electron chi connectivity index (χ4n) is 5.29. The first-order valence-corrected chi connectivity index (χ1v) is 10.2. The standard InChI is InChI=1S/C22H28F3NO2/c1-14(2)15-4-3-5-16(8-15)17-6-7-20(9-17)12-26(13-20)19(27)18-10-21(28,11-18)22(23,24)25/h3-5,8,14,17-18,28H,6-7,9-13H2,1-2H3/t17?,18-,21+. The van der Waals surface area contributed by atoms with E-state index in [0.717, 1.165) is 19.3 Å². The van der Waals surface area contributed by atoms with E-state index in [9.17, 15) is 23.1 Å². The van der Waals surface area contributed by atoms with E-state index in [0.29, 0.717) is 24.9 Å². The van der Waals surface area contributed by atoms with Crippen LogP contribution in [0.1, 0.15) is 68.9 Å². The molecule has 0 bridgehead atoms. The molecule has 0 aromatic heterocycles. The number of hydrogen-bond donors (Lipinski definition) is 1.